The molecule has 0 saturated heterocycles. The van der Waals surface area contributed by atoms with Gasteiger partial charge in [-0.05, 0) is 35.4 Å². The summed E-state index contributed by atoms with van der Waals surface area (Å²) >= 11 is 0. The van der Waals surface area contributed by atoms with Crippen molar-refractivity contribution in [3.05, 3.63) is 100 Å². The topological polar surface area (TPSA) is 70.1 Å². The molecule has 0 radical (unpaired) electrons. The van der Waals surface area contributed by atoms with Crippen LogP contribution in [0.25, 0.3) is 0 Å². The average Bonchev–Trinajstić information content (AvgIpc) is 3.19. The lowest BCUT2D eigenvalue weighted by atomic mass is 10.1. The highest BCUT2D eigenvalue weighted by Gasteiger charge is 2.37. The number of fused-ring (bicyclic) bond motifs is 5. The van der Waals surface area contributed by atoms with Crippen LogP contribution in [0, 0.1) is 0 Å². The lowest BCUT2D eigenvalue weighted by Gasteiger charge is -2.24. The van der Waals surface area contributed by atoms with Crippen LogP contribution in [0.4, 0.5) is 5.69 Å². The molecule has 3 aromatic rings. The number of carbonyl (C=O) groups is 3. The maximum atomic E-state index is 12.8. The Morgan fingerprint density at radius 3 is 2.00 bits per heavy atom. The fourth-order valence-electron chi connectivity index (χ4n) is 4.34. The summed E-state index contributed by atoms with van der Waals surface area (Å²) < 4.78 is 0. The number of imide groups is 1. The fourth-order valence-corrected chi connectivity index (χ4v) is 4.34. The molecule has 0 saturated carbocycles. The predicted octanol–water partition coefficient (Wildman–Crippen LogP) is 3.53. The van der Waals surface area contributed by atoms with Crippen molar-refractivity contribution in [3.8, 4) is 0 Å². The Labute approximate surface area is 172 Å². The molecule has 0 unspecified atom stereocenters. The highest BCUT2D eigenvalue weighted by atomic mass is 16.2. The second-order valence-corrected chi connectivity index (χ2v) is 7.58. The fraction of sp³-hybridized carbons (Fsp3) is 0.0833. The van der Waals surface area contributed by atoms with Crippen molar-refractivity contribution < 1.29 is 14.4 Å². The molecule has 3 aliphatic heterocycles. The predicted molar refractivity (Wildman–Crippen MR) is 110 cm³/mol. The van der Waals surface area contributed by atoms with Crippen molar-refractivity contribution in [1.29, 1.82) is 0 Å². The molecule has 0 spiro atoms. The molecule has 3 amide bonds. The standard InChI is InChI=1S/C24H15N3O3/c28-22-17-6-2-1-5-16(17)21-25-20-10-9-14(11-15(20)13-26(21)22)12-27-23(29)18-7-3-4-8-19(18)24(27)30/h1-11H,12-13H2. The summed E-state index contributed by atoms with van der Waals surface area (Å²) in [6.45, 7) is 0.599. The van der Waals surface area contributed by atoms with Gasteiger partial charge >= 0.3 is 0 Å². The van der Waals surface area contributed by atoms with Gasteiger partial charge in [0.1, 0.15) is 5.84 Å². The van der Waals surface area contributed by atoms with Crippen molar-refractivity contribution >= 4 is 29.2 Å². The minimum atomic E-state index is -0.279. The van der Waals surface area contributed by atoms with E-state index in [0.717, 1.165) is 22.4 Å². The molecule has 0 aliphatic carbocycles. The van der Waals surface area contributed by atoms with Gasteiger partial charge in [0.2, 0.25) is 0 Å². The second kappa shape index (κ2) is 5.97. The van der Waals surface area contributed by atoms with Crippen LogP contribution in [-0.4, -0.2) is 33.4 Å². The Morgan fingerprint density at radius 1 is 0.733 bits per heavy atom. The number of amides is 3. The van der Waals surface area contributed by atoms with Crippen LogP contribution in [0.1, 0.15) is 47.8 Å². The zero-order valence-electron chi connectivity index (χ0n) is 15.8. The molecule has 30 heavy (non-hydrogen) atoms. The molecule has 0 fully saturated rings. The number of amidine groups is 1. The van der Waals surface area contributed by atoms with Crippen LogP contribution >= 0.6 is 0 Å². The van der Waals surface area contributed by atoms with Gasteiger partial charge in [0.25, 0.3) is 17.7 Å². The third kappa shape index (κ3) is 2.24. The first-order chi connectivity index (χ1) is 14.6. The van der Waals surface area contributed by atoms with Crippen LogP contribution < -0.4 is 0 Å². The second-order valence-electron chi connectivity index (χ2n) is 7.58. The van der Waals surface area contributed by atoms with E-state index in [1.165, 1.54) is 4.90 Å². The van der Waals surface area contributed by atoms with Gasteiger partial charge < -0.3 is 0 Å². The normalized spacial score (nSPS) is 16.3. The Bertz CT molecular complexity index is 1290. The van der Waals surface area contributed by atoms with Crippen molar-refractivity contribution in [3.63, 3.8) is 0 Å². The van der Waals surface area contributed by atoms with E-state index in [4.69, 9.17) is 4.99 Å². The van der Waals surface area contributed by atoms with Gasteiger partial charge in [-0.1, -0.05) is 42.5 Å². The molecule has 144 valence electrons. The zero-order chi connectivity index (χ0) is 20.4. The van der Waals surface area contributed by atoms with Gasteiger partial charge in [0.05, 0.1) is 35.5 Å². The van der Waals surface area contributed by atoms with Gasteiger partial charge in [-0.3, -0.25) is 24.2 Å². The molecule has 3 aromatic carbocycles. The number of hydrogen-bond donors (Lipinski definition) is 0. The molecular weight excluding hydrogens is 378 g/mol. The van der Waals surface area contributed by atoms with Gasteiger partial charge in [-0.15, -0.1) is 0 Å². The summed E-state index contributed by atoms with van der Waals surface area (Å²) in [7, 11) is 0. The summed E-state index contributed by atoms with van der Waals surface area (Å²) in [5.74, 6) is 0.0644. The first-order valence-electron chi connectivity index (χ1n) is 9.69. The summed E-state index contributed by atoms with van der Waals surface area (Å²) in [5.41, 5.74) is 4.92. The molecule has 6 heteroatoms. The molecular formula is C24H15N3O3. The van der Waals surface area contributed by atoms with Crippen LogP contribution in [0.15, 0.2) is 71.7 Å². The van der Waals surface area contributed by atoms with Crippen molar-refractivity contribution in [2.24, 2.45) is 4.99 Å². The molecule has 6 nitrogen and oxygen atoms in total. The molecule has 0 bridgehead atoms. The van der Waals surface area contributed by atoms with Crippen molar-refractivity contribution in [2.75, 3.05) is 0 Å². The smallest absolute Gasteiger partial charge is 0.261 e. The Balaban J connectivity index is 1.33. The van der Waals surface area contributed by atoms with E-state index in [-0.39, 0.29) is 24.3 Å². The summed E-state index contributed by atoms with van der Waals surface area (Å²) in [6, 6.07) is 20.0. The first-order valence-corrected chi connectivity index (χ1v) is 9.69. The number of hydrogen-bond acceptors (Lipinski definition) is 4. The summed E-state index contributed by atoms with van der Waals surface area (Å²) in [4.78, 5) is 45.7. The van der Waals surface area contributed by atoms with Crippen LogP contribution in [0.5, 0.6) is 0 Å². The van der Waals surface area contributed by atoms with Crippen LogP contribution in [-0.2, 0) is 13.1 Å². The number of benzene rings is 3. The number of nitrogens with zero attached hydrogens (tertiary/aromatic N) is 3. The van der Waals surface area contributed by atoms with Crippen molar-refractivity contribution in [1.82, 2.24) is 9.80 Å². The maximum Gasteiger partial charge on any atom is 0.261 e. The van der Waals surface area contributed by atoms with Gasteiger partial charge in [0.15, 0.2) is 0 Å². The number of aliphatic imine (C=N–C) groups is 1. The monoisotopic (exact) mass is 393 g/mol. The molecule has 3 aliphatic rings. The minimum absolute atomic E-state index is 0.0549. The van der Waals surface area contributed by atoms with Gasteiger partial charge in [-0.2, -0.15) is 0 Å². The summed E-state index contributed by atoms with van der Waals surface area (Å²) in [5, 5.41) is 0. The van der Waals surface area contributed by atoms with Gasteiger partial charge in [-0.25, -0.2) is 4.99 Å². The van der Waals surface area contributed by atoms with E-state index < -0.39 is 0 Å². The van der Waals surface area contributed by atoms with Gasteiger partial charge in [0, 0.05) is 5.56 Å². The molecule has 0 N–H and O–H groups in total. The Morgan fingerprint density at radius 2 is 1.33 bits per heavy atom. The molecule has 0 atom stereocenters. The minimum Gasteiger partial charge on any atom is -0.288 e. The summed E-state index contributed by atoms with van der Waals surface area (Å²) in [6.07, 6.45) is 0. The number of carbonyl (C=O) groups excluding carboxylic acids is 3. The van der Waals surface area contributed by atoms with Crippen LogP contribution in [0.2, 0.25) is 0 Å². The van der Waals surface area contributed by atoms with Crippen LogP contribution in [0.3, 0.4) is 0 Å². The highest BCUT2D eigenvalue weighted by Crippen LogP contribution is 2.35. The maximum absolute atomic E-state index is 12.8. The average molecular weight is 393 g/mol. The van der Waals surface area contributed by atoms with E-state index in [2.05, 4.69) is 0 Å². The van der Waals surface area contributed by atoms with E-state index >= 15 is 0 Å². The lowest BCUT2D eigenvalue weighted by molar-refractivity contribution is 0.0642. The SMILES string of the molecule is O=C1c2ccccc2C(=O)N1Cc1ccc2c(c1)CN1C(=O)c3ccccc3C1=N2. The Hall–Kier alpha value is -4.06. The largest absolute Gasteiger partial charge is 0.288 e. The first kappa shape index (κ1) is 16.9. The highest BCUT2D eigenvalue weighted by molar-refractivity contribution is 6.24. The quantitative estimate of drug-likeness (QED) is 0.626. The third-order valence-electron chi connectivity index (χ3n) is 5.82. The van der Waals surface area contributed by atoms with E-state index in [1.807, 2.05) is 42.5 Å². The molecule has 0 aromatic heterocycles. The number of rotatable bonds is 2. The Kier molecular flexibility index (Phi) is 3.35. The van der Waals surface area contributed by atoms with E-state index in [0.29, 0.717) is 29.1 Å². The molecule has 6 rings (SSSR count). The van der Waals surface area contributed by atoms with E-state index in [9.17, 15) is 14.4 Å². The lowest BCUT2D eigenvalue weighted by Crippen LogP contribution is -2.32. The van der Waals surface area contributed by atoms with Crippen molar-refractivity contribution in [2.45, 2.75) is 13.1 Å². The van der Waals surface area contributed by atoms with E-state index in [1.54, 1.807) is 29.2 Å². The molecule has 3 heterocycles. The zero-order valence-corrected chi connectivity index (χ0v) is 15.8. The third-order valence-corrected chi connectivity index (χ3v) is 5.82.